The van der Waals surface area contributed by atoms with E-state index >= 15 is 0 Å². The Morgan fingerprint density at radius 2 is 2.25 bits per heavy atom. The second-order valence-electron chi connectivity index (χ2n) is 2.85. The van der Waals surface area contributed by atoms with Gasteiger partial charge >= 0.3 is 0 Å². The maximum Gasteiger partial charge on any atom is 0.0137 e. The molecule has 2 heteroatoms. The van der Waals surface area contributed by atoms with E-state index in [0.717, 1.165) is 18.8 Å². The third-order valence-corrected chi connectivity index (χ3v) is 2.28. The van der Waals surface area contributed by atoms with Crippen LogP contribution in [0.2, 0.25) is 0 Å². The summed E-state index contributed by atoms with van der Waals surface area (Å²) in [5, 5.41) is 3.34. The Labute approximate surface area is 80.3 Å². The minimum absolute atomic E-state index is 0.997. The number of thioether (sulfide) groups is 1. The standard InChI is InChI=1S/C10H19NS/c1-4-8-12-9-7-11-6-5-10(2)3/h4-5,11H,1,6-9H2,2-3H3. The van der Waals surface area contributed by atoms with E-state index in [0.29, 0.717) is 0 Å². The van der Waals surface area contributed by atoms with Crippen molar-refractivity contribution < 1.29 is 0 Å². The average Bonchev–Trinajstić information content (AvgIpc) is 2.02. The quantitative estimate of drug-likeness (QED) is 0.483. The van der Waals surface area contributed by atoms with Crippen LogP contribution in [0.1, 0.15) is 13.8 Å². The normalized spacial score (nSPS) is 9.50. The Kier molecular flexibility index (Phi) is 8.73. The van der Waals surface area contributed by atoms with Crippen molar-refractivity contribution in [3.8, 4) is 0 Å². The Hall–Kier alpha value is -0.210. The zero-order valence-electron chi connectivity index (χ0n) is 8.10. The van der Waals surface area contributed by atoms with E-state index in [-0.39, 0.29) is 0 Å². The topological polar surface area (TPSA) is 12.0 Å². The van der Waals surface area contributed by atoms with Crippen LogP contribution < -0.4 is 5.32 Å². The minimum Gasteiger partial charge on any atom is -0.312 e. The van der Waals surface area contributed by atoms with Crippen molar-refractivity contribution in [3.63, 3.8) is 0 Å². The summed E-state index contributed by atoms with van der Waals surface area (Å²) in [6.07, 6.45) is 4.15. The van der Waals surface area contributed by atoms with Gasteiger partial charge in [-0.1, -0.05) is 17.7 Å². The van der Waals surface area contributed by atoms with Crippen molar-refractivity contribution in [1.29, 1.82) is 0 Å². The first kappa shape index (κ1) is 11.8. The summed E-state index contributed by atoms with van der Waals surface area (Å²) in [4.78, 5) is 0. The molecule has 0 atom stereocenters. The Morgan fingerprint density at radius 3 is 2.83 bits per heavy atom. The molecule has 0 saturated heterocycles. The third-order valence-electron chi connectivity index (χ3n) is 1.31. The van der Waals surface area contributed by atoms with Gasteiger partial charge in [-0.05, 0) is 13.8 Å². The summed E-state index contributed by atoms with van der Waals surface area (Å²) in [6.45, 7) is 9.99. The highest BCUT2D eigenvalue weighted by atomic mass is 32.2. The highest BCUT2D eigenvalue weighted by molar-refractivity contribution is 7.99. The van der Waals surface area contributed by atoms with Gasteiger partial charge in [-0.15, -0.1) is 6.58 Å². The number of hydrogen-bond donors (Lipinski definition) is 1. The zero-order valence-corrected chi connectivity index (χ0v) is 8.91. The summed E-state index contributed by atoms with van der Waals surface area (Å²) in [7, 11) is 0. The van der Waals surface area contributed by atoms with E-state index in [9.17, 15) is 0 Å². The van der Waals surface area contributed by atoms with Crippen molar-refractivity contribution in [2.75, 3.05) is 24.6 Å². The fourth-order valence-electron chi connectivity index (χ4n) is 0.689. The lowest BCUT2D eigenvalue weighted by molar-refractivity contribution is 0.803. The SMILES string of the molecule is C=CCSCCNCC=C(C)C. The molecule has 0 amide bonds. The van der Waals surface area contributed by atoms with E-state index in [1.54, 1.807) is 0 Å². The molecule has 0 aliphatic heterocycles. The fourth-order valence-corrected chi connectivity index (χ4v) is 1.31. The molecule has 0 heterocycles. The summed E-state index contributed by atoms with van der Waals surface area (Å²) in [5.41, 5.74) is 1.38. The molecule has 70 valence electrons. The van der Waals surface area contributed by atoms with Crippen LogP contribution in [0.25, 0.3) is 0 Å². The van der Waals surface area contributed by atoms with Gasteiger partial charge in [-0.25, -0.2) is 0 Å². The molecule has 1 N–H and O–H groups in total. The smallest absolute Gasteiger partial charge is 0.0137 e. The zero-order chi connectivity index (χ0) is 9.23. The molecule has 0 aromatic heterocycles. The van der Waals surface area contributed by atoms with Crippen molar-refractivity contribution >= 4 is 11.8 Å². The average molecular weight is 185 g/mol. The largest absolute Gasteiger partial charge is 0.312 e. The minimum atomic E-state index is 0.997. The lowest BCUT2D eigenvalue weighted by Crippen LogP contribution is -2.17. The van der Waals surface area contributed by atoms with Crippen molar-refractivity contribution in [3.05, 3.63) is 24.3 Å². The molecule has 12 heavy (non-hydrogen) atoms. The molecule has 0 aliphatic carbocycles. The van der Waals surface area contributed by atoms with Crippen molar-refractivity contribution in [1.82, 2.24) is 5.32 Å². The second-order valence-corrected chi connectivity index (χ2v) is 4.00. The number of hydrogen-bond acceptors (Lipinski definition) is 2. The third kappa shape index (κ3) is 9.79. The number of rotatable bonds is 7. The van der Waals surface area contributed by atoms with E-state index in [1.807, 2.05) is 17.8 Å². The molecule has 1 nitrogen and oxygen atoms in total. The van der Waals surface area contributed by atoms with Crippen LogP contribution in [0.4, 0.5) is 0 Å². The van der Waals surface area contributed by atoms with E-state index < -0.39 is 0 Å². The molecular formula is C10H19NS. The van der Waals surface area contributed by atoms with Gasteiger partial charge in [0.05, 0.1) is 0 Å². The van der Waals surface area contributed by atoms with Crippen molar-refractivity contribution in [2.45, 2.75) is 13.8 Å². The van der Waals surface area contributed by atoms with Crippen LogP contribution in [0.15, 0.2) is 24.3 Å². The predicted molar refractivity (Wildman–Crippen MR) is 59.8 cm³/mol. The molecule has 0 aromatic carbocycles. The van der Waals surface area contributed by atoms with Crippen LogP contribution >= 0.6 is 11.8 Å². The van der Waals surface area contributed by atoms with Gasteiger partial charge < -0.3 is 5.32 Å². The Bertz CT molecular complexity index is 137. The summed E-state index contributed by atoms with van der Waals surface area (Å²) in [6, 6.07) is 0. The predicted octanol–water partition coefficient (Wildman–Crippen LogP) is 2.46. The van der Waals surface area contributed by atoms with Gasteiger partial charge in [0.15, 0.2) is 0 Å². The fraction of sp³-hybridized carbons (Fsp3) is 0.600. The molecular weight excluding hydrogens is 166 g/mol. The summed E-state index contributed by atoms with van der Waals surface area (Å²) < 4.78 is 0. The first-order valence-corrected chi connectivity index (χ1v) is 5.45. The van der Waals surface area contributed by atoms with E-state index in [4.69, 9.17) is 0 Å². The second kappa shape index (κ2) is 8.88. The van der Waals surface area contributed by atoms with Gasteiger partial charge in [-0.2, -0.15) is 11.8 Å². The van der Waals surface area contributed by atoms with Crippen LogP contribution in [-0.2, 0) is 0 Å². The Balaban J connectivity index is 3.00. The summed E-state index contributed by atoms with van der Waals surface area (Å²) >= 11 is 1.91. The number of allylic oxidation sites excluding steroid dienone is 1. The van der Waals surface area contributed by atoms with E-state index in [1.165, 1.54) is 11.3 Å². The first-order chi connectivity index (χ1) is 5.77. The van der Waals surface area contributed by atoms with Crippen molar-refractivity contribution in [2.24, 2.45) is 0 Å². The molecule has 0 radical (unpaired) electrons. The van der Waals surface area contributed by atoms with Gasteiger partial charge in [0, 0.05) is 24.6 Å². The monoisotopic (exact) mass is 185 g/mol. The van der Waals surface area contributed by atoms with Crippen LogP contribution in [0.5, 0.6) is 0 Å². The highest BCUT2D eigenvalue weighted by Crippen LogP contribution is 1.96. The van der Waals surface area contributed by atoms with Crippen LogP contribution in [0, 0.1) is 0 Å². The molecule has 0 unspecified atom stereocenters. The lowest BCUT2D eigenvalue weighted by atomic mass is 10.3. The first-order valence-electron chi connectivity index (χ1n) is 4.30. The number of nitrogens with one attached hydrogen (secondary N) is 1. The molecule has 0 aromatic rings. The molecule has 0 bridgehead atoms. The van der Waals surface area contributed by atoms with Gasteiger partial charge in [0.2, 0.25) is 0 Å². The van der Waals surface area contributed by atoms with Gasteiger partial charge in [0.1, 0.15) is 0 Å². The lowest BCUT2D eigenvalue weighted by Gasteiger charge is -2.00. The molecule has 0 fully saturated rings. The molecule has 0 saturated carbocycles. The van der Waals surface area contributed by atoms with Crippen LogP contribution in [0.3, 0.4) is 0 Å². The highest BCUT2D eigenvalue weighted by Gasteiger charge is 1.85. The molecule has 0 rings (SSSR count). The maximum atomic E-state index is 3.67. The summed E-state index contributed by atoms with van der Waals surface area (Å²) in [5.74, 6) is 2.23. The van der Waals surface area contributed by atoms with Crippen LogP contribution in [-0.4, -0.2) is 24.6 Å². The Morgan fingerprint density at radius 1 is 1.50 bits per heavy atom. The van der Waals surface area contributed by atoms with Gasteiger partial charge in [0.25, 0.3) is 0 Å². The van der Waals surface area contributed by atoms with E-state index in [2.05, 4.69) is 31.8 Å². The van der Waals surface area contributed by atoms with Gasteiger partial charge in [-0.3, -0.25) is 0 Å². The maximum absolute atomic E-state index is 3.67. The molecule has 0 aliphatic rings. The molecule has 0 spiro atoms.